The maximum absolute atomic E-state index is 14.3. The normalized spacial score (nSPS) is 12.6. The Morgan fingerprint density at radius 3 is 1.95 bits per heavy atom. The molecule has 3 nitrogen and oxygen atoms in total. The highest BCUT2D eigenvalue weighted by molar-refractivity contribution is 6.96. The van der Waals surface area contributed by atoms with Gasteiger partial charge in [0.2, 0.25) is 0 Å². The van der Waals surface area contributed by atoms with E-state index in [0.717, 1.165) is 37.7 Å². The highest BCUT2D eigenvalue weighted by atomic mass is 28.4. The van der Waals surface area contributed by atoms with Gasteiger partial charge in [0.15, 0.2) is 5.78 Å². The van der Waals surface area contributed by atoms with Gasteiger partial charge >= 0.3 is 0 Å². The van der Waals surface area contributed by atoms with Crippen LogP contribution in [0.15, 0.2) is 127 Å². The van der Waals surface area contributed by atoms with Crippen molar-refractivity contribution in [3.63, 3.8) is 0 Å². The van der Waals surface area contributed by atoms with Crippen LogP contribution >= 0.6 is 0 Å². The van der Waals surface area contributed by atoms with Gasteiger partial charge in [0.1, 0.15) is 6.10 Å². The number of benzene rings is 5. The summed E-state index contributed by atoms with van der Waals surface area (Å²) in [4.78, 5) is 17.9. The van der Waals surface area contributed by atoms with E-state index < -0.39 is 14.4 Å². The number of hydrogen-bond acceptors (Lipinski definition) is 2. The first-order valence-electron chi connectivity index (χ1n) is 12.9. The van der Waals surface area contributed by atoms with Crippen molar-refractivity contribution in [3.8, 4) is 0 Å². The standard InChI is InChI=1S/C34H29NO2Si/c1-24-21-22-31-30(23-24)28-19-12-20-29(32(28)35-31)34(33(36)25-13-6-3-7-14-25)37-38(2,26-15-8-4-9-16-26)27-17-10-5-11-18-27/h3-23,34-35H,1-2H3/t34-/m0/s1. The van der Waals surface area contributed by atoms with Crippen molar-refractivity contribution in [2.24, 2.45) is 0 Å². The molecule has 0 saturated carbocycles. The summed E-state index contributed by atoms with van der Waals surface area (Å²) in [7, 11) is -2.81. The van der Waals surface area contributed by atoms with Crippen LogP contribution in [-0.2, 0) is 4.43 Å². The summed E-state index contributed by atoms with van der Waals surface area (Å²) in [6.07, 6.45) is -0.785. The van der Waals surface area contributed by atoms with Gasteiger partial charge in [-0.1, -0.05) is 121 Å². The third-order valence-electron chi connectivity index (χ3n) is 7.40. The summed E-state index contributed by atoms with van der Waals surface area (Å²) in [5, 5.41) is 4.49. The van der Waals surface area contributed by atoms with E-state index in [-0.39, 0.29) is 5.78 Å². The summed E-state index contributed by atoms with van der Waals surface area (Å²) in [5.41, 5.74) is 4.69. The van der Waals surface area contributed by atoms with E-state index >= 15 is 0 Å². The highest BCUT2D eigenvalue weighted by Crippen LogP contribution is 2.35. The van der Waals surface area contributed by atoms with Crippen LogP contribution in [0, 0.1) is 6.92 Å². The van der Waals surface area contributed by atoms with Gasteiger partial charge in [0, 0.05) is 27.4 Å². The second kappa shape index (κ2) is 9.90. The molecular formula is C34H29NO2Si. The molecule has 0 bridgehead atoms. The van der Waals surface area contributed by atoms with E-state index in [2.05, 4.69) is 67.0 Å². The van der Waals surface area contributed by atoms with Gasteiger partial charge < -0.3 is 9.41 Å². The van der Waals surface area contributed by atoms with E-state index in [1.165, 1.54) is 5.56 Å². The molecule has 0 unspecified atom stereocenters. The molecule has 0 spiro atoms. The van der Waals surface area contributed by atoms with Crippen molar-refractivity contribution in [2.45, 2.75) is 19.6 Å². The molecule has 0 aliphatic heterocycles. The van der Waals surface area contributed by atoms with Crippen molar-refractivity contribution in [2.75, 3.05) is 0 Å². The van der Waals surface area contributed by atoms with Crippen LogP contribution in [0.25, 0.3) is 21.8 Å². The van der Waals surface area contributed by atoms with Crippen molar-refractivity contribution in [1.29, 1.82) is 0 Å². The number of para-hydroxylation sites is 1. The molecule has 0 aliphatic carbocycles. The predicted molar refractivity (Wildman–Crippen MR) is 159 cm³/mol. The lowest BCUT2D eigenvalue weighted by Gasteiger charge is -2.33. The molecule has 0 aliphatic rings. The molecule has 4 heteroatoms. The molecule has 6 rings (SSSR count). The SMILES string of the molecule is Cc1ccc2[nH]c3c([C@H](O[Si](C)(c4ccccc4)c4ccccc4)C(=O)c4ccccc4)cccc3c2c1. The maximum Gasteiger partial charge on any atom is 0.254 e. The number of hydrogen-bond donors (Lipinski definition) is 1. The number of carbonyl (C=O) groups excluding carboxylic acids is 1. The number of nitrogens with one attached hydrogen (secondary N) is 1. The van der Waals surface area contributed by atoms with Gasteiger partial charge in [0.25, 0.3) is 8.32 Å². The second-order valence-corrected chi connectivity index (χ2v) is 13.4. The number of aromatic nitrogens is 1. The summed E-state index contributed by atoms with van der Waals surface area (Å²) in [6.45, 7) is 4.29. The van der Waals surface area contributed by atoms with Crippen molar-refractivity contribution >= 4 is 46.3 Å². The predicted octanol–water partition coefficient (Wildman–Crippen LogP) is 6.96. The molecule has 186 valence electrons. The van der Waals surface area contributed by atoms with Gasteiger partial charge in [0.05, 0.1) is 5.52 Å². The number of aryl methyl sites for hydroxylation is 1. The zero-order valence-corrected chi connectivity index (χ0v) is 22.5. The molecule has 1 N–H and O–H groups in total. The minimum absolute atomic E-state index is 0.0430. The Hall–Kier alpha value is -4.25. The number of rotatable bonds is 7. The number of aromatic amines is 1. The van der Waals surface area contributed by atoms with Gasteiger partial charge in [-0.2, -0.15) is 0 Å². The maximum atomic E-state index is 14.3. The minimum atomic E-state index is -2.81. The summed E-state index contributed by atoms with van der Waals surface area (Å²) < 4.78 is 7.21. The lowest BCUT2D eigenvalue weighted by atomic mass is 9.98. The Kier molecular flexibility index (Phi) is 6.28. The molecule has 1 aromatic heterocycles. The molecule has 38 heavy (non-hydrogen) atoms. The lowest BCUT2D eigenvalue weighted by molar-refractivity contribution is 0.0788. The van der Waals surface area contributed by atoms with E-state index in [0.29, 0.717) is 5.56 Å². The third kappa shape index (κ3) is 4.28. The number of carbonyl (C=O) groups is 1. The lowest BCUT2D eigenvalue weighted by Crippen LogP contribution is -2.59. The Morgan fingerprint density at radius 2 is 1.32 bits per heavy atom. The first kappa shape index (κ1) is 24.1. The van der Waals surface area contributed by atoms with E-state index in [1.54, 1.807) is 0 Å². The fourth-order valence-electron chi connectivity index (χ4n) is 5.34. The smallest absolute Gasteiger partial charge is 0.254 e. The topological polar surface area (TPSA) is 42.1 Å². The Morgan fingerprint density at radius 1 is 0.711 bits per heavy atom. The molecule has 1 heterocycles. The van der Waals surface area contributed by atoms with Crippen molar-refractivity contribution in [1.82, 2.24) is 4.98 Å². The first-order valence-corrected chi connectivity index (χ1v) is 15.3. The molecular weight excluding hydrogens is 482 g/mol. The van der Waals surface area contributed by atoms with Crippen LogP contribution in [0.5, 0.6) is 0 Å². The monoisotopic (exact) mass is 511 g/mol. The first-order chi connectivity index (χ1) is 18.5. The Bertz CT molecular complexity index is 1690. The number of Topliss-reactive ketones (excluding diaryl/α,β-unsaturated/α-hetero) is 1. The quantitative estimate of drug-likeness (QED) is 0.186. The highest BCUT2D eigenvalue weighted by Gasteiger charge is 2.40. The van der Waals surface area contributed by atoms with Crippen LogP contribution in [0.3, 0.4) is 0 Å². The summed E-state index contributed by atoms with van der Waals surface area (Å²) in [5.74, 6) is -0.0430. The molecule has 6 aromatic rings. The van der Waals surface area contributed by atoms with Gasteiger partial charge in [-0.05, 0) is 36.0 Å². The van der Waals surface area contributed by atoms with E-state index in [4.69, 9.17) is 4.43 Å². The van der Waals surface area contributed by atoms with Crippen LogP contribution in [0.4, 0.5) is 0 Å². The minimum Gasteiger partial charge on any atom is -0.394 e. The van der Waals surface area contributed by atoms with Gasteiger partial charge in [-0.3, -0.25) is 4.79 Å². The van der Waals surface area contributed by atoms with E-state index in [1.807, 2.05) is 78.9 Å². The van der Waals surface area contributed by atoms with Gasteiger partial charge in [-0.15, -0.1) is 0 Å². The fraction of sp³-hybridized carbons (Fsp3) is 0.0882. The zero-order chi connectivity index (χ0) is 26.1. The molecule has 5 aromatic carbocycles. The van der Waals surface area contributed by atoms with Crippen LogP contribution in [0.2, 0.25) is 6.55 Å². The number of fused-ring (bicyclic) bond motifs is 3. The average Bonchev–Trinajstić information content (AvgIpc) is 3.35. The molecule has 0 fully saturated rings. The van der Waals surface area contributed by atoms with E-state index in [9.17, 15) is 4.79 Å². The van der Waals surface area contributed by atoms with Crippen LogP contribution < -0.4 is 10.4 Å². The van der Waals surface area contributed by atoms with Crippen molar-refractivity contribution < 1.29 is 9.22 Å². The third-order valence-corrected chi connectivity index (χ3v) is 11.0. The zero-order valence-electron chi connectivity index (χ0n) is 21.5. The number of H-pyrrole nitrogens is 1. The van der Waals surface area contributed by atoms with Gasteiger partial charge in [-0.25, -0.2) is 0 Å². The molecule has 0 amide bonds. The number of ketones is 1. The summed E-state index contributed by atoms with van der Waals surface area (Å²) >= 11 is 0. The van der Waals surface area contributed by atoms with Crippen LogP contribution in [0.1, 0.15) is 27.6 Å². The second-order valence-electron chi connectivity index (χ2n) is 9.94. The molecule has 1 atom stereocenters. The fourth-order valence-corrected chi connectivity index (χ4v) is 8.31. The summed E-state index contributed by atoms with van der Waals surface area (Å²) in [6, 6.07) is 42.8. The Balaban J connectivity index is 1.58. The average molecular weight is 512 g/mol. The largest absolute Gasteiger partial charge is 0.394 e. The molecule has 0 saturated heterocycles. The van der Waals surface area contributed by atoms with Crippen LogP contribution in [-0.4, -0.2) is 19.1 Å². The Labute approximate surface area is 223 Å². The molecule has 0 radical (unpaired) electrons. The van der Waals surface area contributed by atoms with Crippen molar-refractivity contribution in [3.05, 3.63) is 144 Å².